The second-order valence-electron chi connectivity index (χ2n) is 5.46. The van der Waals surface area contributed by atoms with Gasteiger partial charge in [0.15, 0.2) is 5.03 Å². The van der Waals surface area contributed by atoms with Crippen molar-refractivity contribution >= 4 is 21.6 Å². The fourth-order valence-electron chi connectivity index (χ4n) is 2.87. The van der Waals surface area contributed by atoms with Gasteiger partial charge in [-0.05, 0) is 31.6 Å². The SMILES string of the molecule is CCC1CCC(N(C)S(=O)(=O)c2[nH]ncc2CCl)CC1. The van der Waals surface area contributed by atoms with Crippen LogP contribution in [0.1, 0.15) is 44.6 Å². The standard InChI is InChI=1S/C13H22ClN3O2S/c1-3-10-4-6-12(7-5-10)17(2)20(18,19)13-11(8-14)9-15-16-13/h9-10,12H,3-8H2,1-2H3,(H,15,16). The van der Waals surface area contributed by atoms with Crippen molar-refractivity contribution in [1.29, 1.82) is 0 Å². The van der Waals surface area contributed by atoms with E-state index in [4.69, 9.17) is 11.6 Å². The number of hydrogen-bond acceptors (Lipinski definition) is 3. The molecule has 0 aromatic carbocycles. The zero-order valence-corrected chi connectivity index (χ0v) is 13.5. The van der Waals surface area contributed by atoms with Gasteiger partial charge in [-0.1, -0.05) is 13.3 Å². The van der Waals surface area contributed by atoms with E-state index in [2.05, 4.69) is 17.1 Å². The molecule has 0 amide bonds. The summed E-state index contributed by atoms with van der Waals surface area (Å²) in [5.41, 5.74) is 0.528. The number of aromatic amines is 1. The van der Waals surface area contributed by atoms with E-state index in [0.29, 0.717) is 5.56 Å². The average molecular weight is 320 g/mol. The summed E-state index contributed by atoms with van der Waals surface area (Å²) < 4.78 is 26.7. The number of nitrogens with zero attached hydrogens (tertiary/aromatic N) is 2. The van der Waals surface area contributed by atoms with E-state index >= 15 is 0 Å². The predicted molar refractivity (Wildman–Crippen MR) is 79.1 cm³/mol. The van der Waals surface area contributed by atoms with Crippen molar-refractivity contribution in [2.45, 2.75) is 56.0 Å². The largest absolute Gasteiger partial charge is 0.266 e. The molecule has 1 heterocycles. The summed E-state index contributed by atoms with van der Waals surface area (Å²) in [6, 6.07) is 0.0780. The molecule has 1 aromatic rings. The summed E-state index contributed by atoms with van der Waals surface area (Å²) in [5, 5.41) is 6.50. The molecule has 0 unspecified atom stereocenters. The fourth-order valence-corrected chi connectivity index (χ4v) is 4.67. The lowest BCUT2D eigenvalue weighted by atomic mass is 9.85. The van der Waals surface area contributed by atoms with Gasteiger partial charge in [0.05, 0.1) is 12.1 Å². The van der Waals surface area contributed by atoms with Gasteiger partial charge in [-0.15, -0.1) is 11.6 Å². The Balaban J connectivity index is 2.14. The molecule has 0 saturated heterocycles. The molecule has 1 aromatic heterocycles. The minimum Gasteiger partial charge on any atom is -0.266 e. The quantitative estimate of drug-likeness (QED) is 0.849. The number of aromatic nitrogens is 2. The Hall–Kier alpha value is -0.590. The molecule has 1 fully saturated rings. The first-order chi connectivity index (χ1) is 9.50. The van der Waals surface area contributed by atoms with Gasteiger partial charge in [0.1, 0.15) is 0 Å². The number of hydrogen-bond donors (Lipinski definition) is 1. The predicted octanol–water partition coefficient (Wildman–Crippen LogP) is 2.74. The number of H-pyrrole nitrogens is 1. The lowest BCUT2D eigenvalue weighted by molar-refractivity contribution is 0.232. The molecular weight excluding hydrogens is 298 g/mol. The first-order valence-electron chi connectivity index (χ1n) is 7.07. The van der Waals surface area contributed by atoms with Crippen LogP contribution in [-0.2, 0) is 15.9 Å². The van der Waals surface area contributed by atoms with Crippen LogP contribution in [0.25, 0.3) is 0 Å². The third kappa shape index (κ3) is 3.02. The Bertz CT molecular complexity index is 536. The minimum absolute atomic E-state index is 0.0780. The number of sulfonamides is 1. The summed E-state index contributed by atoms with van der Waals surface area (Å²) in [7, 11) is -1.87. The van der Waals surface area contributed by atoms with Gasteiger partial charge in [0, 0.05) is 18.7 Å². The molecule has 0 aliphatic heterocycles. The van der Waals surface area contributed by atoms with Gasteiger partial charge in [0.25, 0.3) is 10.0 Å². The molecule has 0 atom stereocenters. The molecule has 1 aliphatic carbocycles. The van der Waals surface area contributed by atoms with E-state index in [0.717, 1.165) is 31.6 Å². The van der Waals surface area contributed by atoms with Gasteiger partial charge in [-0.3, -0.25) is 5.10 Å². The summed E-state index contributed by atoms with van der Waals surface area (Å²) >= 11 is 5.76. The zero-order valence-electron chi connectivity index (χ0n) is 12.0. The lowest BCUT2D eigenvalue weighted by Crippen LogP contribution is -2.39. The normalized spacial score (nSPS) is 24.2. The van der Waals surface area contributed by atoms with Crippen molar-refractivity contribution in [3.05, 3.63) is 11.8 Å². The maximum Gasteiger partial charge on any atom is 0.260 e. The minimum atomic E-state index is -3.53. The number of rotatable bonds is 5. The molecule has 1 saturated carbocycles. The molecule has 0 spiro atoms. The molecule has 2 rings (SSSR count). The Morgan fingerprint density at radius 3 is 2.60 bits per heavy atom. The highest BCUT2D eigenvalue weighted by atomic mass is 35.5. The molecule has 1 aliphatic rings. The maximum absolute atomic E-state index is 12.6. The van der Waals surface area contributed by atoms with Crippen molar-refractivity contribution in [2.24, 2.45) is 5.92 Å². The van der Waals surface area contributed by atoms with Crippen molar-refractivity contribution in [1.82, 2.24) is 14.5 Å². The van der Waals surface area contributed by atoms with Gasteiger partial charge >= 0.3 is 0 Å². The van der Waals surface area contributed by atoms with E-state index in [9.17, 15) is 8.42 Å². The van der Waals surface area contributed by atoms with Crippen LogP contribution in [-0.4, -0.2) is 36.0 Å². The highest BCUT2D eigenvalue weighted by Gasteiger charge is 2.33. The van der Waals surface area contributed by atoms with Gasteiger partial charge in [0.2, 0.25) is 0 Å². The second kappa shape index (κ2) is 6.45. The second-order valence-corrected chi connectivity index (χ2v) is 7.66. The van der Waals surface area contributed by atoms with Crippen molar-refractivity contribution in [3.63, 3.8) is 0 Å². The van der Waals surface area contributed by atoms with Gasteiger partial charge in [-0.2, -0.15) is 9.40 Å². The maximum atomic E-state index is 12.6. The van der Waals surface area contributed by atoms with Gasteiger partial charge in [-0.25, -0.2) is 8.42 Å². The third-order valence-electron chi connectivity index (χ3n) is 4.37. The topological polar surface area (TPSA) is 66.1 Å². The van der Waals surface area contributed by atoms with Crippen molar-refractivity contribution in [2.75, 3.05) is 7.05 Å². The van der Waals surface area contributed by atoms with Crippen molar-refractivity contribution in [3.8, 4) is 0 Å². The summed E-state index contributed by atoms with van der Waals surface area (Å²) in [5.74, 6) is 0.884. The van der Waals surface area contributed by atoms with E-state index in [-0.39, 0.29) is 16.9 Å². The summed E-state index contributed by atoms with van der Waals surface area (Å²) in [6.45, 7) is 2.20. The Morgan fingerprint density at radius 1 is 1.40 bits per heavy atom. The van der Waals surface area contributed by atoms with E-state index in [1.54, 1.807) is 7.05 Å². The summed E-state index contributed by atoms with van der Waals surface area (Å²) in [4.78, 5) is 0. The fraction of sp³-hybridized carbons (Fsp3) is 0.769. The Morgan fingerprint density at radius 2 is 2.05 bits per heavy atom. The molecule has 20 heavy (non-hydrogen) atoms. The van der Waals surface area contributed by atoms with Gasteiger partial charge < -0.3 is 0 Å². The lowest BCUT2D eigenvalue weighted by Gasteiger charge is -2.33. The highest BCUT2D eigenvalue weighted by Crippen LogP contribution is 2.31. The van der Waals surface area contributed by atoms with E-state index in [1.807, 2.05) is 0 Å². The molecule has 5 nitrogen and oxygen atoms in total. The molecule has 0 bridgehead atoms. The molecule has 114 valence electrons. The van der Waals surface area contributed by atoms with Crippen LogP contribution in [0.3, 0.4) is 0 Å². The molecule has 1 N–H and O–H groups in total. The molecular formula is C13H22ClN3O2S. The van der Waals surface area contributed by atoms with E-state index < -0.39 is 10.0 Å². The monoisotopic (exact) mass is 319 g/mol. The van der Waals surface area contributed by atoms with Crippen LogP contribution in [0.5, 0.6) is 0 Å². The number of alkyl halides is 1. The van der Waals surface area contributed by atoms with Crippen LogP contribution in [0.2, 0.25) is 0 Å². The first-order valence-corrected chi connectivity index (χ1v) is 9.04. The smallest absolute Gasteiger partial charge is 0.260 e. The number of halogens is 1. The van der Waals surface area contributed by atoms with Crippen LogP contribution in [0.4, 0.5) is 0 Å². The van der Waals surface area contributed by atoms with Crippen LogP contribution < -0.4 is 0 Å². The Kier molecular flexibility index (Phi) is 5.09. The average Bonchev–Trinajstić information content (AvgIpc) is 2.95. The molecule has 0 radical (unpaired) electrons. The van der Waals surface area contributed by atoms with Crippen LogP contribution >= 0.6 is 11.6 Å². The Labute approximate surface area is 125 Å². The van der Waals surface area contributed by atoms with E-state index in [1.165, 1.54) is 16.9 Å². The highest BCUT2D eigenvalue weighted by molar-refractivity contribution is 7.89. The summed E-state index contributed by atoms with van der Waals surface area (Å²) in [6.07, 6.45) is 6.72. The number of nitrogens with one attached hydrogen (secondary N) is 1. The zero-order chi connectivity index (χ0) is 14.8. The van der Waals surface area contributed by atoms with Crippen LogP contribution in [0.15, 0.2) is 11.2 Å². The first kappa shape index (κ1) is 15.8. The third-order valence-corrected chi connectivity index (χ3v) is 6.58. The molecule has 7 heteroatoms. The van der Waals surface area contributed by atoms with Crippen LogP contribution in [0, 0.1) is 5.92 Å². The van der Waals surface area contributed by atoms with Crippen molar-refractivity contribution < 1.29 is 8.42 Å².